The van der Waals surface area contributed by atoms with Crippen LogP contribution in [0.1, 0.15) is 29.5 Å². The molecule has 2 aromatic carbocycles. The van der Waals surface area contributed by atoms with Gasteiger partial charge < -0.3 is 24.6 Å². The van der Waals surface area contributed by atoms with E-state index in [2.05, 4.69) is 22.6 Å². The SMILES string of the molecule is O=C(CC1=NOC2CC=CC=C12)NCc1ccc2c(c1)CN(c1[c-]c(=O)c1=O)CC2.[Mn]. The molecule has 0 bridgehead atoms. The normalized spacial score (nSPS) is 19.0. The number of fused-ring (bicyclic) bond motifs is 2. The van der Waals surface area contributed by atoms with Crippen molar-refractivity contribution in [3.63, 3.8) is 0 Å². The zero-order chi connectivity index (χ0) is 20.7. The number of nitrogens with zero attached hydrogens (tertiary/aromatic N) is 2. The molecule has 0 spiro atoms. The van der Waals surface area contributed by atoms with Crippen molar-refractivity contribution in [2.75, 3.05) is 11.4 Å². The van der Waals surface area contributed by atoms with Gasteiger partial charge in [0.1, 0.15) is 10.9 Å². The number of amides is 1. The van der Waals surface area contributed by atoms with E-state index in [-0.39, 0.29) is 35.5 Å². The van der Waals surface area contributed by atoms with Crippen molar-refractivity contribution in [1.29, 1.82) is 0 Å². The molecule has 3 aliphatic rings. The Hall–Kier alpha value is -2.96. The Labute approximate surface area is 189 Å². The monoisotopic (exact) mass is 457 g/mol. The van der Waals surface area contributed by atoms with Gasteiger partial charge in [-0.25, -0.2) is 0 Å². The third kappa shape index (κ3) is 4.13. The van der Waals surface area contributed by atoms with Crippen molar-refractivity contribution in [2.24, 2.45) is 5.16 Å². The Balaban J connectivity index is 0.00000231. The Morgan fingerprint density at radius 1 is 1.29 bits per heavy atom. The summed E-state index contributed by atoms with van der Waals surface area (Å²) >= 11 is 0. The summed E-state index contributed by atoms with van der Waals surface area (Å²) in [6, 6.07) is 8.70. The van der Waals surface area contributed by atoms with Crippen LogP contribution in [0.5, 0.6) is 0 Å². The van der Waals surface area contributed by atoms with E-state index < -0.39 is 10.9 Å². The van der Waals surface area contributed by atoms with Gasteiger partial charge in [-0.3, -0.25) is 4.79 Å². The quantitative estimate of drug-likeness (QED) is 0.416. The molecule has 1 amide bonds. The Bertz CT molecular complexity index is 1190. The van der Waals surface area contributed by atoms with Gasteiger partial charge in [0.15, 0.2) is 6.10 Å². The molecule has 8 heteroatoms. The van der Waals surface area contributed by atoms with Crippen LogP contribution in [0.25, 0.3) is 0 Å². The predicted molar refractivity (Wildman–Crippen MR) is 112 cm³/mol. The van der Waals surface area contributed by atoms with E-state index in [1.54, 1.807) is 0 Å². The molecule has 0 aromatic heterocycles. The van der Waals surface area contributed by atoms with E-state index in [9.17, 15) is 14.4 Å². The second-order valence-electron chi connectivity index (χ2n) is 7.78. The van der Waals surface area contributed by atoms with Crippen LogP contribution in [0.4, 0.5) is 5.69 Å². The zero-order valence-corrected chi connectivity index (χ0v) is 17.9. The number of benzene rings is 1. The van der Waals surface area contributed by atoms with E-state index in [4.69, 9.17) is 4.84 Å². The van der Waals surface area contributed by atoms with Crippen LogP contribution < -0.4 is 21.1 Å². The first kappa shape index (κ1) is 21.3. The Morgan fingerprint density at radius 3 is 2.97 bits per heavy atom. The van der Waals surface area contributed by atoms with Crippen molar-refractivity contribution in [1.82, 2.24) is 5.32 Å². The van der Waals surface area contributed by atoms with Crippen molar-refractivity contribution in [3.8, 4) is 0 Å². The van der Waals surface area contributed by atoms with Gasteiger partial charge in [0, 0.05) is 48.7 Å². The molecule has 159 valence electrons. The fourth-order valence-corrected chi connectivity index (χ4v) is 4.12. The number of oxime groups is 1. The maximum Gasteiger partial charge on any atom is 0.226 e. The second-order valence-corrected chi connectivity index (χ2v) is 7.78. The molecule has 1 N–H and O–H groups in total. The number of hydrogen-bond acceptors (Lipinski definition) is 6. The number of rotatable bonds is 5. The number of carbonyl (C=O) groups excluding carboxylic acids is 1. The van der Waals surface area contributed by atoms with E-state index in [1.807, 2.05) is 35.3 Å². The van der Waals surface area contributed by atoms with Gasteiger partial charge in [0.05, 0.1) is 12.1 Å². The van der Waals surface area contributed by atoms with Gasteiger partial charge in [-0.2, -0.15) is 0 Å². The minimum absolute atomic E-state index is 0. The topological polar surface area (TPSA) is 88.1 Å². The first-order chi connectivity index (χ1) is 14.6. The minimum Gasteiger partial charge on any atom is -0.387 e. The summed E-state index contributed by atoms with van der Waals surface area (Å²) in [7, 11) is 0. The van der Waals surface area contributed by atoms with Crippen LogP contribution in [0, 0.1) is 6.07 Å². The smallest absolute Gasteiger partial charge is 0.226 e. The fourth-order valence-electron chi connectivity index (χ4n) is 4.12. The molecule has 0 fully saturated rings. The van der Waals surface area contributed by atoms with Crippen LogP contribution in [0.2, 0.25) is 0 Å². The fraction of sp³-hybridized carbons (Fsp3) is 0.304. The Kier molecular flexibility index (Phi) is 5.94. The largest absolute Gasteiger partial charge is 0.387 e. The van der Waals surface area contributed by atoms with Crippen LogP contribution in [-0.4, -0.2) is 24.3 Å². The van der Waals surface area contributed by atoms with Crippen LogP contribution in [-0.2, 0) is 46.2 Å². The molecule has 7 nitrogen and oxygen atoms in total. The van der Waals surface area contributed by atoms with Gasteiger partial charge in [0.25, 0.3) is 0 Å². The van der Waals surface area contributed by atoms with Gasteiger partial charge >= 0.3 is 0 Å². The van der Waals surface area contributed by atoms with Gasteiger partial charge in [-0.1, -0.05) is 41.6 Å². The summed E-state index contributed by atoms with van der Waals surface area (Å²) < 4.78 is 0. The Morgan fingerprint density at radius 2 is 2.16 bits per heavy atom. The van der Waals surface area contributed by atoms with E-state index in [0.29, 0.717) is 31.0 Å². The predicted octanol–water partition coefficient (Wildman–Crippen LogP) is 1.29. The number of anilines is 1. The third-order valence-corrected chi connectivity index (χ3v) is 5.80. The zero-order valence-electron chi connectivity index (χ0n) is 16.7. The summed E-state index contributed by atoms with van der Waals surface area (Å²) in [5.74, 6) is -0.105. The molecule has 31 heavy (non-hydrogen) atoms. The maximum absolute atomic E-state index is 12.4. The minimum atomic E-state index is -0.545. The standard InChI is InChI=1S/C23H20N3O4.Mn/c27-20-11-19(23(20)29)26-8-7-15-6-5-14(9-16(15)13-26)12-24-22(28)10-18-17-3-1-2-4-21(17)30-25-18;/h1-3,5-6,9,21H,4,7-8,10,12-13H2,(H,24,28);/q-1;. The number of carbonyl (C=O) groups is 1. The summed E-state index contributed by atoms with van der Waals surface area (Å²) in [6.07, 6.45) is 7.65. The summed E-state index contributed by atoms with van der Waals surface area (Å²) in [5, 5.41) is 7.01. The van der Waals surface area contributed by atoms with Crippen molar-refractivity contribution >= 4 is 17.3 Å². The van der Waals surface area contributed by atoms with Gasteiger partial charge in [-0.05, 0) is 28.8 Å². The van der Waals surface area contributed by atoms with Crippen molar-refractivity contribution < 1.29 is 26.7 Å². The van der Waals surface area contributed by atoms with Crippen LogP contribution in [0.3, 0.4) is 0 Å². The van der Waals surface area contributed by atoms with Crippen molar-refractivity contribution in [2.45, 2.75) is 38.5 Å². The van der Waals surface area contributed by atoms with E-state index >= 15 is 0 Å². The molecule has 1 unspecified atom stereocenters. The summed E-state index contributed by atoms with van der Waals surface area (Å²) in [6.45, 7) is 1.67. The second kappa shape index (κ2) is 8.65. The van der Waals surface area contributed by atoms with Gasteiger partial charge in [-0.15, -0.1) is 6.07 Å². The molecular weight excluding hydrogens is 437 g/mol. The van der Waals surface area contributed by atoms with Crippen molar-refractivity contribution in [3.05, 3.63) is 85.2 Å². The molecule has 2 aromatic rings. The maximum atomic E-state index is 12.4. The molecule has 1 radical (unpaired) electrons. The molecule has 5 rings (SSSR count). The molecular formula is C23H20MnN3O4-. The molecule has 1 aliphatic carbocycles. The summed E-state index contributed by atoms with van der Waals surface area (Å²) in [4.78, 5) is 42.5. The molecule has 0 saturated heterocycles. The van der Waals surface area contributed by atoms with Crippen LogP contribution in [0.15, 0.2) is 56.7 Å². The average Bonchev–Trinajstić information content (AvgIpc) is 3.18. The third-order valence-electron chi connectivity index (χ3n) is 5.80. The first-order valence-electron chi connectivity index (χ1n) is 10.0. The molecule has 0 saturated carbocycles. The van der Waals surface area contributed by atoms with E-state index in [0.717, 1.165) is 29.5 Å². The number of allylic oxidation sites excluding steroid dienone is 2. The number of hydrogen-bond donors (Lipinski definition) is 1. The molecule has 2 aliphatic heterocycles. The molecule has 1 atom stereocenters. The van der Waals surface area contributed by atoms with Crippen LogP contribution >= 0.6 is 0 Å². The van der Waals surface area contributed by atoms with Gasteiger partial charge in [0.2, 0.25) is 5.91 Å². The first-order valence-corrected chi connectivity index (χ1v) is 10.0. The number of nitrogens with one attached hydrogen (secondary N) is 1. The average molecular weight is 457 g/mol. The molecule has 2 heterocycles. The van der Waals surface area contributed by atoms with E-state index in [1.165, 1.54) is 5.56 Å². The summed E-state index contributed by atoms with van der Waals surface area (Å²) in [5.41, 5.74) is 4.37.